The van der Waals surface area contributed by atoms with Crippen LogP contribution in [-0.2, 0) is 4.79 Å². The van der Waals surface area contributed by atoms with Crippen molar-refractivity contribution in [2.75, 3.05) is 0 Å². The summed E-state index contributed by atoms with van der Waals surface area (Å²) in [6.45, 7) is 0. The summed E-state index contributed by atoms with van der Waals surface area (Å²) in [5.74, 6) is -0.123. The number of carbonyl (C=O) groups is 1. The number of aliphatic carboxylic acids is 1. The van der Waals surface area contributed by atoms with Crippen LogP contribution in [0, 0.1) is 11.8 Å². The Hall–Kier alpha value is -0.570. The maximum absolute atomic E-state index is 10.7. The lowest BCUT2D eigenvalue weighted by Crippen LogP contribution is -2.36. The number of rotatable bonds is 2. The molecule has 0 amide bonds. The van der Waals surface area contributed by atoms with E-state index in [0.717, 1.165) is 38.5 Å². The normalized spacial score (nSPS) is 37.0. The van der Waals surface area contributed by atoms with Gasteiger partial charge in [-0.05, 0) is 44.4 Å². The van der Waals surface area contributed by atoms with Gasteiger partial charge in [0.05, 0.1) is 5.92 Å². The molecule has 0 radical (unpaired) electrons. The van der Waals surface area contributed by atoms with E-state index < -0.39 is 5.97 Å². The van der Waals surface area contributed by atoms with Crippen LogP contribution in [0.15, 0.2) is 0 Å². The van der Waals surface area contributed by atoms with E-state index in [-0.39, 0.29) is 11.5 Å². The summed E-state index contributed by atoms with van der Waals surface area (Å²) in [4.78, 5) is 10.7. The summed E-state index contributed by atoms with van der Waals surface area (Å²) in [6.07, 6.45) is 6.00. The summed E-state index contributed by atoms with van der Waals surface area (Å²) in [7, 11) is 0. The van der Waals surface area contributed by atoms with Crippen LogP contribution >= 0.6 is 0 Å². The van der Waals surface area contributed by atoms with E-state index >= 15 is 0 Å². The quantitative estimate of drug-likeness (QED) is 0.679. The summed E-state index contributed by atoms with van der Waals surface area (Å²) >= 11 is 0. The average molecular weight is 183 g/mol. The highest BCUT2D eigenvalue weighted by molar-refractivity contribution is 5.70. The third kappa shape index (κ3) is 1.70. The molecule has 3 nitrogen and oxygen atoms in total. The zero-order valence-electron chi connectivity index (χ0n) is 7.83. The maximum Gasteiger partial charge on any atom is 0.306 e. The Labute approximate surface area is 78.3 Å². The van der Waals surface area contributed by atoms with Crippen molar-refractivity contribution >= 4 is 5.97 Å². The molecule has 2 rings (SSSR count). The third-order valence-corrected chi connectivity index (χ3v) is 3.72. The summed E-state index contributed by atoms with van der Waals surface area (Å²) in [5.41, 5.74) is 6.20. The number of nitrogens with two attached hydrogens (primary N) is 1. The van der Waals surface area contributed by atoms with Gasteiger partial charge in [-0.2, -0.15) is 0 Å². The highest BCUT2D eigenvalue weighted by Gasteiger charge is 2.46. The van der Waals surface area contributed by atoms with Crippen LogP contribution in [0.4, 0.5) is 0 Å². The zero-order chi connectivity index (χ0) is 9.47. The highest BCUT2D eigenvalue weighted by atomic mass is 16.4. The first kappa shape index (κ1) is 9.00. The topological polar surface area (TPSA) is 63.3 Å². The first-order valence-corrected chi connectivity index (χ1v) is 5.13. The first-order chi connectivity index (χ1) is 6.12. The van der Waals surface area contributed by atoms with Crippen molar-refractivity contribution < 1.29 is 9.90 Å². The predicted octanol–water partition coefficient (Wildman–Crippen LogP) is 1.37. The number of carboxylic acid groups (broad SMARTS) is 1. The summed E-state index contributed by atoms with van der Waals surface area (Å²) < 4.78 is 0. The summed E-state index contributed by atoms with van der Waals surface area (Å²) in [6, 6.07) is 0. The second kappa shape index (κ2) is 2.98. The minimum atomic E-state index is -0.625. The monoisotopic (exact) mass is 183 g/mol. The van der Waals surface area contributed by atoms with Gasteiger partial charge in [-0.3, -0.25) is 4.79 Å². The Balaban J connectivity index is 1.86. The molecule has 0 unspecified atom stereocenters. The molecule has 0 aromatic carbocycles. The lowest BCUT2D eigenvalue weighted by atomic mass is 9.77. The first-order valence-electron chi connectivity index (χ1n) is 5.13. The van der Waals surface area contributed by atoms with Crippen LogP contribution in [-0.4, -0.2) is 16.6 Å². The van der Waals surface area contributed by atoms with Crippen molar-refractivity contribution in [2.24, 2.45) is 17.6 Å². The average Bonchev–Trinajstić information content (AvgIpc) is 2.85. The number of hydrogen-bond donors (Lipinski definition) is 2. The minimum absolute atomic E-state index is 0.0985. The fraction of sp³-hybridized carbons (Fsp3) is 0.900. The zero-order valence-corrected chi connectivity index (χ0v) is 7.83. The van der Waals surface area contributed by atoms with Gasteiger partial charge < -0.3 is 10.8 Å². The molecule has 2 aliphatic rings. The van der Waals surface area contributed by atoms with Gasteiger partial charge in [-0.25, -0.2) is 0 Å². The van der Waals surface area contributed by atoms with Gasteiger partial charge >= 0.3 is 5.97 Å². The molecule has 74 valence electrons. The van der Waals surface area contributed by atoms with E-state index in [1.54, 1.807) is 0 Å². The molecule has 2 aliphatic carbocycles. The van der Waals surface area contributed by atoms with Gasteiger partial charge in [0.15, 0.2) is 0 Å². The van der Waals surface area contributed by atoms with Gasteiger partial charge in [0.25, 0.3) is 0 Å². The van der Waals surface area contributed by atoms with Gasteiger partial charge in [-0.1, -0.05) is 0 Å². The molecule has 0 aromatic heterocycles. The summed E-state index contributed by atoms with van der Waals surface area (Å²) in [5, 5.41) is 8.81. The molecule has 13 heavy (non-hydrogen) atoms. The molecule has 0 aliphatic heterocycles. The van der Waals surface area contributed by atoms with E-state index in [0.29, 0.717) is 5.92 Å². The second-order valence-corrected chi connectivity index (χ2v) is 4.62. The van der Waals surface area contributed by atoms with Crippen LogP contribution in [0.1, 0.15) is 38.5 Å². The number of hydrogen-bond acceptors (Lipinski definition) is 2. The molecular formula is C10H17NO2. The van der Waals surface area contributed by atoms with Crippen molar-refractivity contribution in [1.29, 1.82) is 0 Å². The van der Waals surface area contributed by atoms with Gasteiger partial charge in [0.1, 0.15) is 0 Å². The largest absolute Gasteiger partial charge is 0.481 e. The Kier molecular flexibility index (Phi) is 2.06. The number of carboxylic acids is 1. The molecule has 0 bridgehead atoms. The molecule has 0 saturated heterocycles. The Bertz CT molecular complexity index is 215. The van der Waals surface area contributed by atoms with Crippen molar-refractivity contribution in [3.05, 3.63) is 0 Å². The molecular weight excluding hydrogens is 166 g/mol. The van der Waals surface area contributed by atoms with E-state index in [1.165, 1.54) is 0 Å². The van der Waals surface area contributed by atoms with Gasteiger partial charge in [0, 0.05) is 5.54 Å². The fourth-order valence-electron chi connectivity index (χ4n) is 2.47. The van der Waals surface area contributed by atoms with Gasteiger partial charge in [-0.15, -0.1) is 0 Å². The minimum Gasteiger partial charge on any atom is -0.481 e. The second-order valence-electron chi connectivity index (χ2n) is 4.62. The lowest BCUT2D eigenvalue weighted by Gasteiger charge is -2.30. The smallest absolute Gasteiger partial charge is 0.306 e. The van der Waals surface area contributed by atoms with Crippen molar-refractivity contribution in [2.45, 2.75) is 44.1 Å². The lowest BCUT2D eigenvalue weighted by molar-refractivity contribution is -0.143. The van der Waals surface area contributed by atoms with Crippen molar-refractivity contribution in [1.82, 2.24) is 0 Å². The fourth-order valence-corrected chi connectivity index (χ4v) is 2.47. The van der Waals surface area contributed by atoms with Crippen LogP contribution in [0.2, 0.25) is 0 Å². The molecule has 0 heterocycles. The molecule has 0 spiro atoms. The predicted molar refractivity (Wildman–Crippen MR) is 49.2 cm³/mol. The van der Waals surface area contributed by atoms with Crippen molar-refractivity contribution in [3.63, 3.8) is 0 Å². The molecule has 0 atom stereocenters. The maximum atomic E-state index is 10.7. The van der Waals surface area contributed by atoms with Crippen LogP contribution in [0.3, 0.4) is 0 Å². The Morgan fingerprint density at radius 2 is 1.77 bits per heavy atom. The van der Waals surface area contributed by atoms with E-state index in [2.05, 4.69) is 0 Å². The van der Waals surface area contributed by atoms with Crippen LogP contribution in [0.5, 0.6) is 0 Å². The molecule has 2 saturated carbocycles. The molecule has 3 heteroatoms. The van der Waals surface area contributed by atoms with Crippen molar-refractivity contribution in [3.8, 4) is 0 Å². The molecule has 2 fully saturated rings. The van der Waals surface area contributed by atoms with E-state index in [9.17, 15) is 4.79 Å². The van der Waals surface area contributed by atoms with E-state index in [1.807, 2.05) is 0 Å². The molecule has 0 aromatic rings. The standard InChI is InChI=1S/C10H17NO2/c11-10(5-6-10)8-3-1-7(2-4-8)9(12)13/h7-8H,1-6,11H2,(H,12,13). The molecule has 3 N–H and O–H groups in total. The van der Waals surface area contributed by atoms with Crippen LogP contribution in [0.25, 0.3) is 0 Å². The van der Waals surface area contributed by atoms with Crippen LogP contribution < -0.4 is 5.73 Å². The Morgan fingerprint density at radius 3 is 2.15 bits per heavy atom. The van der Waals surface area contributed by atoms with E-state index in [4.69, 9.17) is 10.8 Å². The van der Waals surface area contributed by atoms with Gasteiger partial charge in [0.2, 0.25) is 0 Å². The highest BCUT2D eigenvalue weighted by Crippen LogP contribution is 2.46. The SMILES string of the molecule is NC1(C2CCC(C(=O)O)CC2)CC1. The Morgan fingerprint density at radius 1 is 1.23 bits per heavy atom. The third-order valence-electron chi connectivity index (χ3n) is 3.72.